The van der Waals surface area contributed by atoms with Gasteiger partial charge in [0.1, 0.15) is 0 Å². The molecule has 26 heavy (non-hydrogen) atoms. The first-order chi connectivity index (χ1) is 12.8. The maximum atomic E-state index is 5.41. The van der Waals surface area contributed by atoms with Gasteiger partial charge in [0, 0.05) is 32.7 Å². The van der Waals surface area contributed by atoms with E-state index in [2.05, 4.69) is 47.5 Å². The highest BCUT2D eigenvalue weighted by Crippen LogP contribution is 2.18. The summed E-state index contributed by atoms with van der Waals surface area (Å²) >= 11 is 5.18. The van der Waals surface area contributed by atoms with Crippen LogP contribution in [0, 0.1) is 0 Å². The molecule has 11 heteroatoms. The molecule has 142 valence electrons. The molecule has 0 atom stereocenters. The fraction of sp³-hybridized carbons (Fsp3) is 0.600. The Labute approximate surface area is 157 Å². The van der Waals surface area contributed by atoms with E-state index in [0.29, 0.717) is 55.9 Å². The number of hydrogen-bond acceptors (Lipinski definition) is 9. The molecule has 0 aliphatic carbocycles. The van der Waals surface area contributed by atoms with E-state index in [9.17, 15) is 0 Å². The van der Waals surface area contributed by atoms with E-state index in [-0.39, 0.29) is 0 Å². The standard InChI is InChI=1S/C15H24N8O2S/c1-2-3-16-15(26)21-20-12-17-13(22-4-8-24-9-5-22)19-14(18-12)23-6-10-25-11-7-23/h2H,1,3-11H2,(H2,16,21,26)(H,17,18,19,20). The Morgan fingerprint density at radius 1 is 1.00 bits per heavy atom. The molecule has 0 radical (unpaired) electrons. The molecule has 0 unspecified atom stereocenters. The van der Waals surface area contributed by atoms with Crippen molar-refractivity contribution in [2.45, 2.75) is 0 Å². The van der Waals surface area contributed by atoms with Gasteiger partial charge in [-0.1, -0.05) is 6.08 Å². The number of nitrogens with zero attached hydrogens (tertiary/aromatic N) is 5. The van der Waals surface area contributed by atoms with Gasteiger partial charge in [0.25, 0.3) is 0 Å². The third kappa shape index (κ3) is 5.13. The molecule has 2 saturated heterocycles. The van der Waals surface area contributed by atoms with Crippen molar-refractivity contribution in [3.05, 3.63) is 12.7 Å². The number of morpholine rings is 2. The lowest BCUT2D eigenvalue weighted by molar-refractivity contribution is 0.121. The monoisotopic (exact) mass is 380 g/mol. The first-order valence-electron chi connectivity index (χ1n) is 8.58. The summed E-state index contributed by atoms with van der Waals surface area (Å²) in [5, 5.41) is 3.41. The molecular weight excluding hydrogens is 356 g/mol. The lowest BCUT2D eigenvalue weighted by Gasteiger charge is -2.30. The van der Waals surface area contributed by atoms with Crippen LogP contribution in [0.3, 0.4) is 0 Å². The zero-order chi connectivity index (χ0) is 18.2. The third-order valence-electron chi connectivity index (χ3n) is 3.89. The number of thiocarbonyl (C=S) groups is 1. The topological polar surface area (TPSA) is 99.7 Å². The van der Waals surface area contributed by atoms with Crippen LogP contribution in [0.25, 0.3) is 0 Å². The van der Waals surface area contributed by atoms with Crippen LogP contribution in [-0.2, 0) is 9.47 Å². The largest absolute Gasteiger partial charge is 0.378 e. The van der Waals surface area contributed by atoms with Crippen LogP contribution in [0.15, 0.2) is 12.7 Å². The number of nitrogens with one attached hydrogen (secondary N) is 3. The molecule has 3 N–H and O–H groups in total. The molecule has 1 aromatic heterocycles. The SMILES string of the molecule is C=CCNC(=S)NNc1nc(N2CCOCC2)nc(N2CCOCC2)n1. The van der Waals surface area contributed by atoms with Gasteiger partial charge in [0.2, 0.25) is 17.8 Å². The van der Waals surface area contributed by atoms with Crippen LogP contribution < -0.4 is 26.0 Å². The van der Waals surface area contributed by atoms with Crippen molar-refractivity contribution in [2.75, 3.05) is 74.4 Å². The van der Waals surface area contributed by atoms with Crippen molar-refractivity contribution in [2.24, 2.45) is 0 Å². The van der Waals surface area contributed by atoms with E-state index in [0.717, 1.165) is 26.2 Å². The summed E-state index contributed by atoms with van der Waals surface area (Å²) in [4.78, 5) is 17.9. The Balaban J connectivity index is 1.75. The summed E-state index contributed by atoms with van der Waals surface area (Å²) in [7, 11) is 0. The number of hydrogen-bond donors (Lipinski definition) is 3. The predicted molar refractivity (Wildman–Crippen MR) is 103 cm³/mol. The average molecular weight is 380 g/mol. The van der Waals surface area contributed by atoms with Crippen molar-refractivity contribution in [1.29, 1.82) is 0 Å². The first-order valence-corrected chi connectivity index (χ1v) is 8.99. The summed E-state index contributed by atoms with van der Waals surface area (Å²) in [5.74, 6) is 1.66. The van der Waals surface area contributed by atoms with Crippen LogP contribution in [0.1, 0.15) is 0 Å². The number of hydrazine groups is 1. The van der Waals surface area contributed by atoms with Crippen LogP contribution in [0.4, 0.5) is 17.8 Å². The molecule has 0 amide bonds. The number of anilines is 3. The molecule has 2 fully saturated rings. The van der Waals surface area contributed by atoms with E-state index in [1.54, 1.807) is 6.08 Å². The van der Waals surface area contributed by atoms with Gasteiger partial charge >= 0.3 is 0 Å². The second-order valence-corrected chi connectivity index (χ2v) is 6.11. The van der Waals surface area contributed by atoms with Gasteiger partial charge < -0.3 is 24.6 Å². The van der Waals surface area contributed by atoms with Gasteiger partial charge in [-0.05, 0) is 12.2 Å². The summed E-state index contributed by atoms with van der Waals surface area (Å²) in [6.07, 6.45) is 1.73. The molecule has 2 aliphatic heterocycles. The summed E-state index contributed by atoms with van der Waals surface area (Å²) in [5.41, 5.74) is 5.82. The van der Waals surface area contributed by atoms with Crippen molar-refractivity contribution in [1.82, 2.24) is 25.7 Å². The quantitative estimate of drug-likeness (QED) is 0.339. The molecule has 10 nitrogen and oxygen atoms in total. The molecule has 2 aliphatic rings. The number of ether oxygens (including phenoxy) is 2. The highest BCUT2D eigenvalue weighted by atomic mass is 32.1. The summed E-state index contributed by atoms with van der Waals surface area (Å²) in [6.45, 7) is 9.86. The Morgan fingerprint density at radius 3 is 2.04 bits per heavy atom. The van der Waals surface area contributed by atoms with Crippen LogP contribution in [-0.4, -0.2) is 79.2 Å². The van der Waals surface area contributed by atoms with Gasteiger partial charge in [0.05, 0.1) is 26.4 Å². The van der Waals surface area contributed by atoms with Gasteiger partial charge in [-0.3, -0.25) is 10.9 Å². The zero-order valence-electron chi connectivity index (χ0n) is 14.6. The maximum Gasteiger partial charge on any atom is 0.248 e. The summed E-state index contributed by atoms with van der Waals surface area (Å²) in [6, 6.07) is 0. The Bertz CT molecular complexity index is 583. The molecular formula is C15H24N8O2S. The van der Waals surface area contributed by atoms with Gasteiger partial charge in [-0.2, -0.15) is 15.0 Å². The fourth-order valence-corrected chi connectivity index (χ4v) is 2.68. The molecule has 1 aromatic rings. The molecule has 0 bridgehead atoms. The maximum absolute atomic E-state index is 5.41. The van der Waals surface area contributed by atoms with Gasteiger partial charge in [0.15, 0.2) is 5.11 Å². The minimum atomic E-state index is 0.408. The second-order valence-electron chi connectivity index (χ2n) is 5.71. The van der Waals surface area contributed by atoms with Crippen molar-refractivity contribution in [3.8, 4) is 0 Å². The molecule has 0 saturated carbocycles. The second kappa shape index (κ2) is 9.46. The highest BCUT2D eigenvalue weighted by Gasteiger charge is 2.20. The molecule has 3 rings (SSSR count). The minimum Gasteiger partial charge on any atom is -0.378 e. The molecule has 0 aromatic carbocycles. The van der Waals surface area contributed by atoms with Crippen molar-refractivity contribution >= 4 is 35.2 Å². The average Bonchev–Trinajstić information content (AvgIpc) is 2.72. The van der Waals surface area contributed by atoms with E-state index in [1.807, 2.05) is 0 Å². The van der Waals surface area contributed by atoms with Gasteiger partial charge in [-0.25, -0.2) is 0 Å². The zero-order valence-corrected chi connectivity index (χ0v) is 15.4. The summed E-state index contributed by atoms with van der Waals surface area (Å²) < 4.78 is 10.8. The lowest BCUT2D eigenvalue weighted by atomic mass is 10.4. The van der Waals surface area contributed by atoms with E-state index in [1.165, 1.54) is 0 Å². The smallest absolute Gasteiger partial charge is 0.248 e. The minimum absolute atomic E-state index is 0.408. The number of aromatic nitrogens is 3. The van der Waals surface area contributed by atoms with Crippen LogP contribution >= 0.6 is 12.2 Å². The van der Waals surface area contributed by atoms with Crippen molar-refractivity contribution < 1.29 is 9.47 Å². The lowest BCUT2D eigenvalue weighted by Crippen LogP contribution is -2.41. The molecule has 3 heterocycles. The van der Waals surface area contributed by atoms with E-state index < -0.39 is 0 Å². The fourth-order valence-electron chi connectivity index (χ4n) is 2.54. The first kappa shape index (κ1) is 18.5. The predicted octanol–water partition coefficient (Wildman–Crippen LogP) is -0.478. The Morgan fingerprint density at radius 2 is 1.54 bits per heavy atom. The normalized spacial score (nSPS) is 17.5. The van der Waals surface area contributed by atoms with Crippen LogP contribution in [0.5, 0.6) is 0 Å². The van der Waals surface area contributed by atoms with Crippen molar-refractivity contribution in [3.63, 3.8) is 0 Å². The number of rotatable bonds is 6. The third-order valence-corrected chi connectivity index (χ3v) is 4.14. The van der Waals surface area contributed by atoms with Gasteiger partial charge in [-0.15, -0.1) is 6.58 Å². The highest BCUT2D eigenvalue weighted by molar-refractivity contribution is 7.80. The van der Waals surface area contributed by atoms with E-state index >= 15 is 0 Å². The Hall–Kier alpha value is -2.24. The van der Waals surface area contributed by atoms with E-state index in [4.69, 9.17) is 21.7 Å². The van der Waals surface area contributed by atoms with Crippen LogP contribution in [0.2, 0.25) is 0 Å². The molecule has 0 spiro atoms. The Kier molecular flexibility index (Phi) is 6.75.